The Hall–Kier alpha value is -1.33. The normalized spacial score (nSPS) is 10.5. The standard InChI is InChI=1S/C14H23N3OS/c1-4-9-17(10-8-16-5-2)19-12-6-7-13(15)14(11-12)18-3/h5-7,11,16H,2,4,8-10,15H2,1,3H3. The van der Waals surface area contributed by atoms with Gasteiger partial charge in [-0.15, -0.1) is 0 Å². The maximum absolute atomic E-state index is 5.82. The van der Waals surface area contributed by atoms with Crippen LogP contribution < -0.4 is 15.8 Å². The van der Waals surface area contributed by atoms with Gasteiger partial charge >= 0.3 is 0 Å². The highest BCUT2D eigenvalue weighted by Gasteiger charge is 2.08. The lowest BCUT2D eigenvalue weighted by Crippen LogP contribution is -2.25. The number of ether oxygens (including phenoxy) is 1. The Morgan fingerprint density at radius 1 is 1.47 bits per heavy atom. The van der Waals surface area contributed by atoms with Crippen LogP contribution in [0.15, 0.2) is 35.9 Å². The zero-order chi connectivity index (χ0) is 14.1. The van der Waals surface area contributed by atoms with Crippen molar-refractivity contribution < 1.29 is 4.74 Å². The van der Waals surface area contributed by atoms with Gasteiger partial charge in [0.15, 0.2) is 0 Å². The molecule has 5 heteroatoms. The summed E-state index contributed by atoms with van der Waals surface area (Å²) in [7, 11) is 1.64. The van der Waals surface area contributed by atoms with Crippen molar-refractivity contribution in [3.05, 3.63) is 31.0 Å². The average Bonchev–Trinajstić information content (AvgIpc) is 2.41. The zero-order valence-corrected chi connectivity index (χ0v) is 12.5. The lowest BCUT2D eigenvalue weighted by atomic mass is 10.3. The summed E-state index contributed by atoms with van der Waals surface area (Å²) in [6, 6.07) is 5.88. The van der Waals surface area contributed by atoms with Crippen LogP contribution in [0.4, 0.5) is 5.69 Å². The molecular formula is C14H23N3OS. The third kappa shape index (κ3) is 5.44. The minimum atomic E-state index is 0.669. The fourth-order valence-corrected chi connectivity index (χ4v) is 2.68. The third-order valence-electron chi connectivity index (χ3n) is 2.56. The van der Waals surface area contributed by atoms with Crippen LogP contribution in [0.5, 0.6) is 5.75 Å². The van der Waals surface area contributed by atoms with Gasteiger partial charge < -0.3 is 15.8 Å². The molecule has 0 bridgehead atoms. The molecule has 0 saturated heterocycles. The number of methoxy groups -OCH3 is 1. The van der Waals surface area contributed by atoms with Gasteiger partial charge in [0.2, 0.25) is 0 Å². The molecule has 0 spiro atoms. The molecule has 19 heavy (non-hydrogen) atoms. The molecule has 1 rings (SSSR count). The van der Waals surface area contributed by atoms with Crippen molar-refractivity contribution in [3.8, 4) is 5.75 Å². The zero-order valence-electron chi connectivity index (χ0n) is 11.7. The number of nitrogens with two attached hydrogens (primary N) is 1. The molecule has 0 atom stereocenters. The lowest BCUT2D eigenvalue weighted by Gasteiger charge is -2.20. The minimum Gasteiger partial charge on any atom is -0.495 e. The predicted molar refractivity (Wildman–Crippen MR) is 83.3 cm³/mol. The van der Waals surface area contributed by atoms with Crippen molar-refractivity contribution in [1.29, 1.82) is 0 Å². The van der Waals surface area contributed by atoms with Crippen molar-refractivity contribution in [3.63, 3.8) is 0 Å². The highest BCUT2D eigenvalue weighted by atomic mass is 32.2. The Morgan fingerprint density at radius 3 is 2.89 bits per heavy atom. The second-order valence-electron chi connectivity index (χ2n) is 4.08. The van der Waals surface area contributed by atoms with Crippen molar-refractivity contribution in [2.75, 3.05) is 32.5 Å². The Morgan fingerprint density at radius 2 is 2.26 bits per heavy atom. The van der Waals surface area contributed by atoms with Crippen molar-refractivity contribution in [2.45, 2.75) is 18.2 Å². The van der Waals surface area contributed by atoms with E-state index in [1.165, 1.54) is 0 Å². The van der Waals surface area contributed by atoms with Crippen LogP contribution in [0.2, 0.25) is 0 Å². The first-order valence-corrected chi connectivity index (χ1v) is 7.19. The highest BCUT2D eigenvalue weighted by molar-refractivity contribution is 7.97. The first kappa shape index (κ1) is 15.7. The maximum atomic E-state index is 5.82. The predicted octanol–water partition coefficient (Wildman–Crippen LogP) is 2.73. The van der Waals surface area contributed by atoms with Gasteiger partial charge in [-0.2, -0.15) is 0 Å². The summed E-state index contributed by atoms with van der Waals surface area (Å²) in [4.78, 5) is 1.14. The summed E-state index contributed by atoms with van der Waals surface area (Å²) in [6.07, 6.45) is 2.84. The molecule has 3 N–H and O–H groups in total. The van der Waals surface area contributed by atoms with Crippen molar-refractivity contribution in [1.82, 2.24) is 9.62 Å². The molecular weight excluding hydrogens is 258 g/mol. The van der Waals surface area contributed by atoms with Gasteiger partial charge in [0, 0.05) is 24.5 Å². The molecule has 0 aromatic heterocycles. The lowest BCUT2D eigenvalue weighted by molar-refractivity contribution is 0.415. The molecule has 0 amide bonds. The molecule has 4 nitrogen and oxygen atoms in total. The SMILES string of the molecule is C=CNCCN(CCC)Sc1ccc(N)c(OC)c1. The van der Waals surface area contributed by atoms with Crippen molar-refractivity contribution in [2.24, 2.45) is 0 Å². The molecule has 1 aromatic rings. The van der Waals surface area contributed by atoms with Gasteiger partial charge in [-0.3, -0.25) is 0 Å². The van der Waals surface area contributed by atoms with E-state index in [1.54, 1.807) is 25.3 Å². The Bertz CT molecular complexity index is 398. The number of hydrogen-bond acceptors (Lipinski definition) is 5. The quantitative estimate of drug-likeness (QED) is 0.414. The third-order valence-corrected chi connectivity index (χ3v) is 3.65. The number of nitrogens with zero attached hydrogens (tertiary/aromatic N) is 1. The molecule has 0 unspecified atom stereocenters. The first-order chi connectivity index (χ1) is 9.21. The van der Waals surface area contributed by atoms with Crippen molar-refractivity contribution >= 4 is 17.6 Å². The van der Waals surface area contributed by atoms with Gasteiger partial charge in [-0.1, -0.05) is 13.5 Å². The monoisotopic (exact) mass is 281 g/mol. The van der Waals surface area contributed by atoms with E-state index in [1.807, 2.05) is 18.2 Å². The molecule has 0 aliphatic rings. The smallest absolute Gasteiger partial charge is 0.142 e. The summed E-state index contributed by atoms with van der Waals surface area (Å²) in [6.45, 7) is 8.72. The number of rotatable bonds is 9. The summed E-state index contributed by atoms with van der Waals surface area (Å²) < 4.78 is 7.56. The second-order valence-corrected chi connectivity index (χ2v) is 5.25. The number of anilines is 1. The summed E-state index contributed by atoms with van der Waals surface area (Å²) in [5.74, 6) is 0.727. The molecule has 1 aromatic carbocycles. The maximum Gasteiger partial charge on any atom is 0.142 e. The average molecular weight is 281 g/mol. The molecule has 0 aliphatic heterocycles. The van der Waals surface area contributed by atoms with E-state index in [0.717, 1.165) is 36.7 Å². The van der Waals surface area contributed by atoms with E-state index < -0.39 is 0 Å². The van der Waals surface area contributed by atoms with E-state index in [9.17, 15) is 0 Å². The van der Waals surface area contributed by atoms with E-state index in [2.05, 4.69) is 23.1 Å². The molecule has 106 valence electrons. The van der Waals surface area contributed by atoms with Gasteiger partial charge in [-0.25, -0.2) is 4.31 Å². The summed E-state index contributed by atoms with van der Waals surface area (Å²) in [5, 5.41) is 3.12. The Kier molecular flexibility index (Phi) is 7.22. The van der Waals surface area contributed by atoms with Gasteiger partial charge in [0.1, 0.15) is 5.75 Å². The fourth-order valence-electron chi connectivity index (χ4n) is 1.64. The molecule has 0 radical (unpaired) electrons. The molecule has 0 saturated carbocycles. The van der Waals surface area contributed by atoms with Crippen LogP contribution in [0.3, 0.4) is 0 Å². The van der Waals surface area contributed by atoms with E-state index >= 15 is 0 Å². The number of hydrogen-bond donors (Lipinski definition) is 2. The Balaban J connectivity index is 2.64. The van der Waals surface area contributed by atoms with Crippen LogP contribution in [0.25, 0.3) is 0 Å². The number of nitrogen functional groups attached to an aromatic ring is 1. The van der Waals surface area contributed by atoms with E-state index in [4.69, 9.17) is 10.5 Å². The largest absolute Gasteiger partial charge is 0.495 e. The van der Waals surface area contributed by atoms with Gasteiger partial charge in [0.05, 0.1) is 12.8 Å². The van der Waals surface area contributed by atoms with Crippen LogP contribution in [0.1, 0.15) is 13.3 Å². The number of nitrogens with one attached hydrogen (secondary N) is 1. The minimum absolute atomic E-state index is 0.669. The number of benzene rings is 1. The van der Waals surface area contributed by atoms with E-state index in [-0.39, 0.29) is 0 Å². The second kappa shape index (κ2) is 8.72. The Labute approximate surface area is 120 Å². The van der Waals surface area contributed by atoms with Crippen LogP contribution in [0, 0.1) is 0 Å². The summed E-state index contributed by atoms with van der Waals surface area (Å²) in [5.41, 5.74) is 6.49. The first-order valence-electron chi connectivity index (χ1n) is 6.42. The van der Waals surface area contributed by atoms with Crippen LogP contribution in [-0.2, 0) is 0 Å². The van der Waals surface area contributed by atoms with E-state index in [0.29, 0.717) is 5.69 Å². The summed E-state index contributed by atoms with van der Waals surface area (Å²) >= 11 is 1.73. The highest BCUT2D eigenvalue weighted by Crippen LogP contribution is 2.30. The molecule has 0 heterocycles. The fraction of sp³-hybridized carbons (Fsp3) is 0.429. The van der Waals surface area contributed by atoms with Crippen LogP contribution >= 0.6 is 11.9 Å². The topological polar surface area (TPSA) is 50.5 Å². The molecule has 0 fully saturated rings. The van der Waals surface area contributed by atoms with Crippen LogP contribution in [-0.4, -0.2) is 31.0 Å². The van der Waals surface area contributed by atoms with Gasteiger partial charge in [0.25, 0.3) is 0 Å². The molecule has 0 aliphatic carbocycles. The van der Waals surface area contributed by atoms with Gasteiger partial charge in [-0.05, 0) is 42.8 Å².